The number of nitrogens with two attached hydrogens (primary N) is 1. The normalized spacial score (nSPS) is 20.1. The molecule has 1 aromatic rings. The van der Waals surface area contributed by atoms with Crippen molar-refractivity contribution < 1.29 is 0 Å². The van der Waals surface area contributed by atoms with Gasteiger partial charge in [-0.25, -0.2) is 0 Å². The molecule has 0 amide bonds. The van der Waals surface area contributed by atoms with Crippen molar-refractivity contribution in [2.75, 3.05) is 37.6 Å². The summed E-state index contributed by atoms with van der Waals surface area (Å²) < 4.78 is 0. The van der Waals surface area contributed by atoms with Gasteiger partial charge in [-0.05, 0) is 37.0 Å². The maximum absolute atomic E-state index is 6.24. The zero-order valence-corrected chi connectivity index (χ0v) is 13.1. The van der Waals surface area contributed by atoms with Gasteiger partial charge < -0.3 is 10.6 Å². The minimum atomic E-state index is 0.357. The van der Waals surface area contributed by atoms with Crippen LogP contribution in [0.15, 0.2) is 18.2 Å². The molecule has 1 heterocycles. The molecule has 1 aliphatic carbocycles. The molecule has 0 spiro atoms. The molecular formula is C15H20ClN3S. The summed E-state index contributed by atoms with van der Waals surface area (Å²) in [4.78, 5) is 5.33. The van der Waals surface area contributed by atoms with E-state index in [4.69, 9.17) is 29.6 Å². The minimum absolute atomic E-state index is 0.357. The van der Waals surface area contributed by atoms with Crippen LogP contribution in [0.1, 0.15) is 18.4 Å². The van der Waals surface area contributed by atoms with Crippen LogP contribution in [0.4, 0.5) is 5.69 Å². The lowest BCUT2D eigenvalue weighted by Gasteiger charge is -2.36. The Morgan fingerprint density at radius 1 is 1.25 bits per heavy atom. The number of thiocarbonyl (C=S) groups is 1. The summed E-state index contributed by atoms with van der Waals surface area (Å²) in [7, 11) is 0. The van der Waals surface area contributed by atoms with Crippen molar-refractivity contribution in [1.29, 1.82) is 0 Å². The van der Waals surface area contributed by atoms with Crippen molar-refractivity contribution in [3.05, 3.63) is 28.8 Å². The van der Waals surface area contributed by atoms with Crippen molar-refractivity contribution in [3.8, 4) is 0 Å². The molecule has 0 unspecified atom stereocenters. The summed E-state index contributed by atoms with van der Waals surface area (Å²) in [5, 5.41) is 0.649. The van der Waals surface area contributed by atoms with E-state index in [0.29, 0.717) is 10.0 Å². The number of piperazine rings is 1. The van der Waals surface area contributed by atoms with E-state index in [9.17, 15) is 0 Å². The van der Waals surface area contributed by atoms with E-state index in [1.54, 1.807) is 0 Å². The van der Waals surface area contributed by atoms with Gasteiger partial charge in [-0.15, -0.1) is 0 Å². The Bertz CT molecular complexity index is 508. The third kappa shape index (κ3) is 3.25. The summed E-state index contributed by atoms with van der Waals surface area (Å²) in [6.45, 7) is 5.70. The maximum Gasteiger partial charge on any atom is 0.105 e. The highest BCUT2D eigenvalue weighted by Gasteiger charge is 2.26. The van der Waals surface area contributed by atoms with Crippen LogP contribution < -0.4 is 10.6 Å². The Morgan fingerprint density at radius 2 is 1.95 bits per heavy atom. The summed E-state index contributed by atoms with van der Waals surface area (Å²) in [5.74, 6) is 0.973. The van der Waals surface area contributed by atoms with Crippen LogP contribution in [0.25, 0.3) is 0 Å². The first-order valence-corrected chi connectivity index (χ1v) is 7.99. The third-order valence-corrected chi connectivity index (χ3v) is 4.70. The van der Waals surface area contributed by atoms with Crippen LogP contribution in [0, 0.1) is 5.92 Å². The van der Waals surface area contributed by atoms with Crippen LogP contribution in [0.2, 0.25) is 5.02 Å². The smallest absolute Gasteiger partial charge is 0.105 e. The highest BCUT2D eigenvalue weighted by molar-refractivity contribution is 7.80. The van der Waals surface area contributed by atoms with E-state index in [2.05, 4.69) is 15.9 Å². The average Bonchev–Trinajstić information content (AvgIpc) is 3.23. The summed E-state index contributed by atoms with van der Waals surface area (Å²) in [5.41, 5.74) is 7.57. The van der Waals surface area contributed by atoms with E-state index in [1.807, 2.05) is 12.1 Å². The molecule has 2 N–H and O–H groups in total. The molecule has 3 nitrogen and oxygen atoms in total. The summed E-state index contributed by atoms with van der Waals surface area (Å²) in [6, 6.07) is 5.97. The van der Waals surface area contributed by atoms with E-state index in [0.717, 1.165) is 37.7 Å². The van der Waals surface area contributed by atoms with Crippen molar-refractivity contribution in [3.63, 3.8) is 0 Å². The van der Waals surface area contributed by atoms with Crippen LogP contribution in [0.3, 0.4) is 0 Å². The second-order valence-electron chi connectivity index (χ2n) is 5.76. The number of hydrogen-bond donors (Lipinski definition) is 1. The van der Waals surface area contributed by atoms with Gasteiger partial charge in [0.15, 0.2) is 0 Å². The zero-order valence-electron chi connectivity index (χ0n) is 11.5. The van der Waals surface area contributed by atoms with Crippen molar-refractivity contribution >= 4 is 34.5 Å². The fraction of sp³-hybridized carbons (Fsp3) is 0.533. The van der Waals surface area contributed by atoms with Gasteiger partial charge in [0.2, 0.25) is 0 Å². The van der Waals surface area contributed by atoms with Gasteiger partial charge >= 0.3 is 0 Å². The lowest BCUT2D eigenvalue weighted by molar-refractivity contribution is 0.248. The highest BCUT2D eigenvalue weighted by Crippen LogP contribution is 2.30. The quantitative estimate of drug-likeness (QED) is 0.866. The molecule has 0 atom stereocenters. The number of rotatable bonds is 4. The second kappa shape index (κ2) is 5.88. The molecule has 20 heavy (non-hydrogen) atoms. The number of halogens is 1. The molecule has 5 heteroatoms. The third-order valence-electron chi connectivity index (χ3n) is 4.17. The molecule has 108 valence electrons. The van der Waals surface area contributed by atoms with Gasteiger partial charge in [-0.1, -0.05) is 23.8 Å². The van der Waals surface area contributed by atoms with Crippen molar-refractivity contribution in [2.45, 2.75) is 12.8 Å². The predicted molar refractivity (Wildman–Crippen MR) is 88.7 cm³/mol. The van der Waals surface area contributed by atoms with Gasteiger partial charge in [0.1, 0.15) is 4.99 Å². The average molecular weight is 310 g/mol. The number of hydrogen-bond acceptors (Lipinski definition) is 3. The Morgan fingerprint density at radius 3 is 2.50 bits per heavy atom. The van der Waals surface area contributed by atoms with Crippen LogP contribution >= 0.6 is 23.8 Å². The summed E-state index contributed by atoms with van der Waals surface area (Å²) >= 11 is 11.2. The Hall–Kier alpha value is -0.840. The molecule has 2 aliphatic rings. The van der Waals surface area contributed by atoms with Crippen molar-refractivity contribution in [1.82, 2.24) is 4.90 Å². The van der Waals surface area contributed by atoms with Gasteiger partial charge in [0.25, 0.3) is 0 Å². The number of benzene rings is 1. The van der Waals surface area contributed by atoms with Gasteiger partial charge in [0, 0.05) is 44.0 Å². The Kier molecular flexibility index (Phi) is 4.15. The first-order valence-electron chi connectivity index (χ1n) is 7.20. The predicted octanol–water partition coefficient (Wildman–Crippen LogP) is 2.51. The molecule has 0 radical (unpaired) electrons. The summed E-state index contributed by atoms with van der Waals surface area (Å²) in [6.07, 6.45) is 2.85. The zero-order chi connectivity index (χ0) is 14.1. The van der Waals surface area contributed by atoms with Crippen LogP contribution in [-0.4, -0.2) is 42.6 Å². The molecule has 1 aromatic carbocycles. The minimum Gasteiger partial charge on any atom is -0.389 e. The van der Waals surface area contributed by atoms with E-state index >= 15 is 0 Å². The molecule has 3 rings (SSSR count). The Labute approximate surface area is 130 Å². The van der Waals surface area contributed by atoms with Crippen LogP contribution in [-0.2, 0) is 0 Å². The van der Waals surface area contributed by atoms with Gasteiger partial charge in [-0.2, -0.15) is 0 Å². The first-order chi connectivity index (χ1) is 9.63. The van der Waals surface area contributed by atoms with Gasteiger partial charge in [0.05, 0.1) is 5.02 Å². The SMILES string of the molecule is NC(=S)c1ccc(N2CCN(CC3CC3)CC2)cc1Cl. The fourth-order valence-corrected chi connectivity index (χ4v) is 3.27. The molecule has 0 bridgehead atoms. The van der Waals surface area contributed by atoms with E-state index < -0.39 is 0 Å². The highest BCUT2D eigenvalue weighted by atomic mass is 35.5. The standard InChI is InChI=1S/C15H20ClN3S/c16-14-9-12(3-4-13(14)15(17)20)19-7-5-18(6-8-19)10-11-1-2-11/h3-4,9,11H,1-2,5-8,10H2,(H2,17,20). The molecule has 2 fully saturated rings. The monoisotopic (exact) mass is 309 g/mol. The van der Waals surface area contributed by atoms with Crippen molar-refractivity contribution in [2.24, 2.45) is 11.7 Å². The molecule has 0 aromatic heterocycles. The fourth-order valence-electron chi connectivity index (χ4n) is 2.75. The lowest BCUT2D eigenvalue weighted by Crippen LogP contribution is -2.47. The lowest BCUT2D eigenvalue weighted by atomic mass is 10.1. The topological polar surface area (TPSA) is 32.5 Å². The molecular weight excluding hydrogens is 290 g/mol. The molecule has 1 aliphatic heterocycles. The Balaban J connectivity index is 1.62. The number of anilines is 1. The number of nitrogens with zero attached hydrogens (tertiary/aromatic N) is 2. The largest absolute Gasteiger partial charge is 0.389 e. The van der Waals surface area contributed by atoms with E-state index in [1.165, 1.54) is 25.1 Å². The van der Waals surface area contributed by atoms with Gasteiger partial charge in [-0.3, -0.25) is 4.90 Å². The molecule has 1 saturated carbocycles. The second-order valence-corrected chi connectivity index (χ2v) is 6.61. The van der Waals surface area contributed by atoms with Crippen LogP contribution in [0.5, 0.6) is 0 Å². The first kappa shape index (κ1) is 14.1. The molecule has 1 saturated heterocycles. The van der Waals surface area contributed by atoms with E-state index in [-0.39, 0.29) is 0 Å². The maximum atomic E-state index is 6.24.